The number of hydrogen-bond acceptors (Lipinski definition) is 6. The number of thiophene rings is 1. The summed E-state index contributed by atoms with van der Waals surface area (Å²) in [7, 11) is 0. The summed E-state index contributed by atoms with van der Waals surface area (Å²) in [4.78, 5) is 0.915. The van der Waals surface area contributed by atoms with E-state index < -0.39 is 0 Å². The second kappa shape index (κ2) is 4.65. The van der Waals surface area contributed by atoms with Crippen molar-refractivity contribution in [3.05, 3.63) is 33.5 Å². The van der Waals surface area contributed by atoms with E-state index >= 15 is 0 Å². The largest absolute Gasteiger partial charge is 0.381 e. The molecular weight excluding hydrogens is 284 g/mol. The van der Waals surface area contributed by atoms with Gasteiger partial charge >= 0.3 is 0 Å². The van der Waals surface area contributed by atoms with Gasteiger partial charge in [-0.05, 0) is 19.9 Å². The molecule has 0 aromatic carbocycles. The number of nitriles is 2. The molecule has 0 unspecified atom stereocenters. The van der Waals surface area contributed by atoms with E-state index in [0.717, 1.165) is 26.5 Å². The predicted molar refractivity (Wildman–Crippen MR) is 80.9 cm³/mol. The molecule has 0 aliphatic carbocycles. The molecule has 0 saturated heterocycles. The molecule has 2 aromatic rings. The van der Waals surface area contributed by atoms with Crippen LogP contribution in [0.2, 0.25) is 0 Å². The number of H-pyrrole nitrogens is 1. The van der Waals surface area contributed by atoms with Crippen LogP contribution in [0, 0.1) is 22.7 Å². The fourth-order valence-corrected chi connectivity index (χ4v) is 3.70. The molecule has 3 rings (SSSR count). The minimum absolute atomic E-state index is 0.341. The van der Waals surface area contributed by atoms with Gasteiger partial charge in [-0.15, -0.1) is 11.3 Å². The van der Waals surface area contributed by atoms with E-state index in [9.17, 15) is 10.5 Å². The van der Waals surface area contributed by atoms with E-state index in [1.807, 2.05) is 19.9 Å². The lowest BCUT2D eigenvalue weighted by Gasteiger charge is -2.24. The molecule has 0 saturated carbocycles. The lowest BCUT2D eigenvalue weighted by Crippen LogP contribution is -2.22. The maximum Gasteiger partial charge on any atom is 0.163 e. The van der Waals surface area contributed by atoms with Crippen molar-refractivity contribution in [2.45, 2.75) is 19.8 Å². The van der Waals surface area contributed by atoms with Crippen LogP contribution in [-0.4, -0.2) is 10.2 Å². The number of anilines is 1. The molecule has 0 spiro atoms. The third kappa shape index (κ3) is 1.87. The van der Waals surface area contributed by atoms with Gasteiger partial charge in [0.25, 0.3) is 0 Å². The maximum atomic E-state index is 9.45. The van der Waals surface area contributed by atoms with Crippen LogP contribution in [-0.2, 0) is 0 Å². The number of nitrogens with one attached hydrogen (secondary N) is 2. The van der Waals surface area contributed by atoms with Gasteiger partial charge in [-0.25, -0.2) is 0 Å². The smallest absolute Gasteiger partial charge is 0.163 e. The molecule has 3 heterocycles. The van der Waals surface area contributed by atoms with Crippen molar-refractivity contribution in [3.63, 3.8) is 0 Å². The summed E-state index contributed by atoms with van der Waals surface area (Å²) in [5.74, 6) is 0.0973. The number of fused-ring (bicyclic) bond motifs is 1. The van der Waals surface area contributed by atoms with Gasteiger partial charge in [0, 0.05) is 16.3 Å². The third-order valence-electron chi connectivity index (χ3n) is 3.57. The third-order valence-corrected chi connectivity index (χ3v) is 4.79. The van der Waals surface area contributed by atoms with Gasteiger partial charge < -0.3 is 11.1 Å². The van der Waals surface area contributed by atoms with Crippen LogP contribution in [0.15, 0.2) is 28.6 Å². The first kappa shape index (κ1) is 13.2. The van der Waals surface area contributed by atoms with Crippen LogP contribution in [0.25, 0.3) is 10.2 Å². The van der Waals surface area contributed by atoms with Crippen molar-refractivity contribution in [1.29, 1.82) is 10.5 Å². The molecule has 7 heteroatoms. The van der Waals surface area contributed by atoms with Crippen molar-refractivity contribution in [3.8, 4) is 12.1 Å². The molecule has 0 fully saturated rings. The number of rotatable bonds is 1. The molecule has 104 valence electrons. The normalized spacial score (nSPS) is 16.0. The summed E-state index contributed by atoms with van der Waals surface area (Å²) < 4.78 is 0.855. The second-order valence-electron chi connectivity index (χ2n) is 4.86. The number of nitrogen functional groups attached to an aromatic ring is 1. The minimum Gasteiger partial charge on any atom is -0.381 e. The second-order valence-corrected chi connectivity index (χ2v) is 5.94. The first-order valence-electron chi connectivity index (χ1n) is 6.28. The average molecular weight is 296 g/mol. The number of hydrogen-bond donors (Lipinski definition) is 3. The maximum absolute atomic E-state index is 9.45. The van der Waals surface area contributed by atoms with Crippen LogP contribution in [0.3, 0.4) is 0 Å². The highest BCUT2D eigenvalue weighted by atomic mass is 32.1. The molecule has 0 amide bonds. The van der Waals surface area contributed by atoms with Crippen molar-refractivity contribution in [1.82, 2.24) is 15.5 Å². The molecule has 0 atom stereocenters. The topological polar surface area (TPSA) is 114 Å². The SMILES string of the molecule is CC1=C(C#N)C(c2cc3[nH]nc(N)c3s2)C(C#N)=C(C)N1. The monoisotopic (exact) mass is 296 g/mol. The molecule has 6 nitrogen and oxygen atoms in total. The zero-order valence-electron chi connectivity index (χ0n) is 11.5. The molecular formula is C14H12N6S. The number of aromatic amines is 1. The Morgan fingerprint density at radius 1 is 1.24 bits per heavy atom. The van der Waals surface area contributed by atoms with Gasteiger partial charge in [-0.1, -0.05) is 0 Å². The van der Waals surface area contributed by atoms with Crippen molar-refractivity contribution in [2.75, 3.05) is 5.73 Å². The summed E-state index contributed by atoms with van der Waals surface area (Å²) in [5.41, 5.74) is 9.32. The van der Waals surface area contributed by atoms with Crippen molar-refractivity contribution < 1.29 is 0 Å². The Morgan fingerprint density at radius 3 is 2.38 bits per heavy atom. The Hall–Kier alpha value is -2.77. The van der Waals surface area contributed by atoms with Gasteiger partial charge in [0.05, 0.1) is 39.4 Å². The van der Waals surface area contributed by atoms with Gasteiger partial charge in [0.1, 0.15) is 0 Å². The average Bonchev–Trinajstić information content (AvgIpc) is 3.00. The predicted octanol–water partition coefficient (Wildman–Crippen LogP) is 2.49. The number of dihydropyridines is 1. The molecule has 0 radical (unpaired) electrons. The highest BCUT2D eigenvalue weighted by Crippen LogP contribution is 2.42. The Balaban J connectivity index is 2.23. The molecule has 21 heavy (non-hydrogen) atoms. The van der Waals surface area contributed by atoms with Gasteiger partial charge in [-0.3, -0.25) is 5.10 Å². The number of aromatic nitrogens is 2. The summed E-state index contributed by atoms with van der Waals surface area (Å²) in [5, 5.41) is 28.8. The lowest BCUT2D eigenvalue weighted by molar-refractivity contribution is 0.822. The molecule has 4 N–H and O–H groups in total. The first-order chi connectivity index (χ1) is 10.1. The minimum atomic E-state index is -0.341. The van der Waals surface area contributed by atoms with Crippen molar-refractivity contribution in [2.24, 2.45) is 0 Å². The van der Waals surface area contributed by atoms with Gasteiger partial charge in [-0.2, -0.15) is 15.6 Å². The molecule has 1 aliphatic rings. The molecule has 2 aromatic heterocycles. The van der Waals surface area contributed by atoms with Crippen LogP contribution in [0.5, 0.6) is 0 Å². The summed E-state index contributed by atoms with van der Waals surface area (Å²) >= 11 is 1.46. The highest BCUT2D eigenvalue weighted by molar-refractivity contribution is 7.19. The van der Waals surface area contributed by atoms with Crippen LogP contribution in [0.4, 0.5) is 5.82 Å². The van der Waals surface area contributed by atoms with E-state index in [0.29, 0.717) is 17.0 Å². The van der Waals surface area contributed by atoms with E-state index in [2.05, 4.69) is 27.7 Å². The fraction of sp³-hybridized carbons (Fsp3) is 0.214. The van der Waals surface area contributed by atoms with E-state index in [1.165, 1.54) is 11.3 Å². The quantitative estimate of drug-likeness (QED) is 0.748. The van der Waals surface area contributed by atoms with E-state index in [4.69, 9.17) is 5.73 Å². The Bertz CT molecular complexity index is 847. The first-order valence-corrected chi connectivity index (χ1v) is 7.10. The Morgan fingerprint density at radius 2 is 1.86 bits per heavy atom. The van der Waals surface area contributed by atoms with Gasteiger partial charge in [0.15, 0.2) is 5.82 Å². The zero-order valence-corrected chi connectivity index (χ0v) is 12.3. The number of nitrogens with zero attached hydrogens (tertiary/aromatic N) is 3. The summed E-state index contributed by atoms with van der Waals surface area (Å²) in [6.45, 7) is 3.69. The number of nitrogens with two attached hydrogens (primary N) is 1. The van der Waals surface area contributed by atoms with E-state index in [-0.39, 0.29) is 5.92 Å². The Kier molecular flexibility index (Phi) is 2.93. The van der Waals surface area contributed by atoms with Gasteiger partial charge in [0.2, 0.25) is 0 Å². The number of allylic oxidation sites excluding steroid dienone is 4. The fourth-order valence-electron chi connectivity index (χ4n) is 2.57. The molecule has 1 aliphatic heterocycles. The highest BCUT2D eigenvalue weighted by Gasteiger charge is 2.31. The summed E-state index contributed by atoms with van der Waals surface area (Å²) in [6, 6.07) is 6.35. The lowest BCUT2D eigenvalue weighted by atomic mass is 9.86. The Labute approximate surface area is 125 Å². The summed E-state index contributed by atoms with van der Waals surface area (Å²) in [6.07, 6.45) is 0. The van der Waals surface area contributed by atoms with Crippen LogP contribution in [0.1, 0.15) is 24.6 Å². The standard InChI is InChI=1S/C14H12N6S/c1-6-8(4-15)12(9(5-16)7(2)18-6)11-3-10-13(21-11)14(17)20-19-10/h3,12,18H,1-2H3,(H3,17,19,20). The van der Waals surface area contributed by atoms with Crippen LogP contribution < -0.4 is 11.1 Å². The van der Waals surface area contributed by atoms with Crippen molar-refractivity contribution >= 4 is 27.4 Å². The van der Waals surface area contributed by atoms with Crippen LogP contribution >= 0.6 is 11.3 Å². The van der Waals surface area contributed by atoms with E-state index in [1.54, 1.807) is 0 Å². The zero-order chi connectivity index (χ0) is 15.1. The molecule has 0 bridgehead atoms.